The van der Waals surface area contributed by atoms with Crippen molar-refractivity contribution in [2.45, 2.75) is 102 Å². The Morgan fingerprint density at radius 3 is 2.35 bits per heavy atom. The fourth-order valence-corrected chi connectivity index (χ4v) is 5.42. The summed E-state index contributed by atoms with van der Waals surface area (Å²) in [6.45, 7) is 4.34. The summed E-state index contributed by atoms with van der Waals surface area (Å²) < 4.78 is 27.3. The van der Waals surface area contributed by atoms with Gasteiger partial charge in [-0.25, -0.2) is 13.1 Å². The Morgan fingerprint density at radius 1 is 1.15 bits per heavy atom. The summed E-state index contributed by atoms with van der Waals surface area (Å²) in [5, 5.41) is 21.7. The molecule has 1 aliphatic carbocycles. The first-order chi connectivity index (χ1) is 12.2. The third-order valence-electron chi connectivity index (χ3n) is 5.59. The van der Waals surface area contributed by atoms with Crippen molar-refractivity contribution in [2.75, 3.05) is 12.3 Å². The van der Waals surface area contributed by atoms with Crippen molar-refractivity contribution in [1.82, 2.24) is 4.72 Å². The zero-order valence-corrected chi connectivity index (χ0v) is 17.4. The highest BCUT2D eigenvalue weighted by atomic mass is 32.2. The van der Waals surface area contributed by atoms with Crippen LogP contribution in [0.5, 0.6) is 0 Å². The molecule has 3 atom stereocenters. The molecule has 0 bridgehead atoms. The van der Waals surface area contributed by atoms with Crippen molar-refractivity contribution in [2.24, 2.45) is 11.7 Å². The smallest absolute Gasteiger partial charge is 0.214 e. The van der Waals surface area contributed by atoms with Gasteiger partial charge in [0.15, 0.2) is 0 Å². The molecule has 7 heteroatoms. The van der Waals surface area contributed by atoms with E-state index in [1.165, 1.54) is 19.3 Å². The van der Waals surface area contributed by atoms with E-state index in [-0.39, 0.29) is 6.42 Å². The van der Waals surface area contributed by atoms with Crippen LogP contribution in [0, 0.1) is 5.92 Å². The van der Waals surface area contributed by atoms with E-state index in [9.17, 15) is 18.6 Å². The monoisotopic (exact) mass is 392 g/mol. The van der Waals surface area contributed by atoms with Crippen LogP contribution in [0.1, 0.15) is 84.5 Å². The highest BCUT2D eigenvalue weighted by Gasteiger charge is 2.42. The van der Waals surface area contributed by atoms with Crippen molar-refractivity contribution in [1.29, 1.82) is 0 Å². The Morgan fingerprint density at radius 2 is 1.77 bits per heavy atom. The summed E-state index contributed by atoms with van der Waals surface area (Å²) in [4.78, 5) is 0. The van der Waals surface area contributed by atoms with Crippen LogP contribution in [0.15, 0.2) is 0 Å². The third-order valence-corrected chi connectivity index (χ3v) is 7.11. The first kappa shape index (κ1) is 23.8. The van der Waals surface area contributed by atoms with E-state index in [0.717, 1.165) is 32.1 Å². The van der Waals surface area contributed by atoms with Gasteiger partial charge >= 0.3 is 0 Å². The molecule has 0 radical (unpaired) electrons. The number of unbranched alkanes of at least 4 members (excludes halogenated alkanes) is 2. The maximum absolute atomic E-state index is 12.4. The summed E-state index contributed by atoms with van der Waals surface area (Å²) in [5.74, 6) is -0.0356. The van der Waals surface area contributed by atoms with Crippen molar-refractivity contribution >= 4 is 10.0 Å². The Kier molecular flexibility index (Phi) is 10.6. The lowest BCUT2D eigenvalue weighted by Gasteiger charge is -2.38. The van der Waals surface area contributed by atoms with Crippen LogP contribution in [-0.4, -0.2) is 48.7 Å². The van der Waals surface area contributed by atoms with Gasteiger partial charge in [0.05, 0.1) is 23.5 Å². The molecule has 1 fully saturated rings. The molecule has 0 saturated heterocycles. The molecule has 0 aliphatic heterocycles. The lowest BCUT2D eigenvalue weighted by Crippen LogP contribution is -2.59. The number of sulfonamides is 1. The number of hydrogen-bond acceptors (Lipinski definition) is 5. The minimum Gasteiger partial charge on any atom is -0.391 e. The minimum atomic E-state index is -3.64. The molecule has 6 nitrogen and oxygen atoms in total. The second kappa shape index (κ2) is 11.6. The largest absolute Gasteiger partial charge is 0.391 e. The van der Waals surface area contributed by atoms with Crippen LogP contribution in [-0.2, 0) is 10.0 Å². The zero-order valence-electron chi connectivity index (χ0n) is 16.6. The van der Waals surface area contributed by atoms with Crippen molar-refractivity contribution in [3.63, 3.8) is 0 Å². The number of aliphatic hydroxyl groups excluding tert-OH is 1. The van der Waals surface area contributed by atoms with Crippen LogP contribution >= 0.6 is 0 Å². The van der Waals surface area contributed by atoms with Gasteiger partial charge in [-0.1, -0.05) is 65.2 Å². The number of hydrogen-bond donors (Lipinski definition) is 4. The standard InChI is InChI=1S/C19H40N2O4S/c1-3-5-12-19(23,15-26(24,25)21-13-6-4-2)18(20)17(22)14-16-10-8-7-9-11-16/h16-18,21-23H,3-15,20H2,1-2H3/t17-,18+,19?/m1/s1. The first-order valence-electron chi connectivity index (χ1n) is 10.4. The second-order valence-corrected chi connectivity index (χ2v) is 9.85. The summed E-state index contributed by atoms with van der Waals surface area (Å²) in [6.07, 6.45) is 8.81. The molecule has 1 rings (SSSR count). The number of rotatable bonds is 13. The molecule has 0 aromatic heterocycles. The molecule has 1 saturated carbocycles. The normalized spacial score (nSPS) is 21.3. The SMILES string of the molecule is CCCCNS(=O)(=O)CC(O)(CCCC)[C@@H](N)[C@H](O)CC1CCCCC1. The zero-order chi connectivity index (χ0) is 19.6. The molecule has 0 spiro atoms. The van der Waals surface area contributed by atoms with E-state index in [1.807, 2.05) is 13.8 Å². The third kappa shape index (κ3) is 8.21. The van der Waals surface area contributed by atoms with Gasteiger partial charge < -0.3 is 15.9 Å². The Hall–Kier alpha value is -0.210. The predicted octanol–water partition coefficient (Wildman–Crippen LogP) is 2.29. The van der Waals surface area contributed by atoms with E-state index in [4.69, 9.17) is 5.73 Å². The topological polar surface area (TPSA) is 113 Å². The Labute approximate surface area is 160 Å². The Balaban J connectivity index is 2.76. The molecule has 26 heavy (non-hydrogen) atoms. The average molecular weight is 393 g/mol. The summed E-state index contributed by atoms with van der Waals surface area (Å²) in [5.41, 5.74) is 4.61. The predicted molar refractivity (Wildman–Crippen MR) is 106 cm³/mol. The molecule has 0 aromatic carbocycles. The van der Waals surface area contributed by atoms with Crippen molar-refractivity contribution in [3.8, 4) is 0 Å². The lowest BCUT2D eigenvalue weighted by molar-refractivity contribution is -0.0311. The molecule has 156 valence electrons. The fraction of sp³-hybridized carbons (Fsp3) is 1.00. The van der Waals surface area contributed by atoms with Gasteiger partial charge in [-0.3, -0.25) is 0 Å². The lowest BCUT2D eigenvalue weighted by atomic mass is 9.80. The average Bonchev–Trinajstić information content (AvgIpc) is 2.60. The summed E-state index contributed by atoms with van der Waals surface area (Å²) >= 11 is 0. The maximum Gasteiger partial charge on any atom is 0.214 e. The van der Waals surface area contributed by atoms with Crippen LogP contribution < -0.4 is 10.5 Å². The molecule has 0 aromatic rings. The van der Waals surface area contributed by atoms with E-state index in [2.05, 4.69) is 4.72 Å². The Bertz CT molecular complexity index is 480. The van der Waals surface area contributed by atoms with Crippen LogP contribution in [0.25, 0.3) is 0 Å². The summed E-state index contributed by atoms with van der Waals surface area (Å²) in [7, 11) is -3.64. The van der Waals surface area contributed by atoms with E-state index < -0.39 is 33.5 Å². The second-order valence-electron chi connectivity index (χ2n) is 8.05. The maximum atomic E-state index is 12.4. The van der Waals surface area contributed by atoms with Gasteiger partial charge in [-0.15, -0.1) is 0 Å². The highest BCUT2D eigenvalue weighted by Crippen LogP contribution is 2.30. The van der Waals surface area contributed by atoms with Crippen molar-refractivity contribution < 1.29 is 18.6 Å². The van der Waals surface area contributed by atoms with Gasteiger partial charge in [0.1, 0.15) is 0 Å². The van der Waals surface area contributed by atoms with E-state index in [1.54, 1.807) is 0 Å². The molecule has 0 amide bonds. The van der Waals surface area contributed by atoms with E-state index in [0.29, 0.717) is 25.3 Å². The molecule has 1 aliphatic rings. The number of nitrogens with one attached hydrogen (secondary N) is 1. The van der Waals surface area contributed by atoms with Crippen LogP contribution in [0.3, 0.4) is 0 Å². The van der Waals surface area contributed by atoms with Gasteiger partial charge in [0.25, 0.3) is 0 Å². The number of nitrogens with two attached hydrogens (primary N) is 1. The van der Waals surface area contributed by atoms with Gasteiger partial charge in [0, 0.05) is 6.54 Å². The molecular formula is C19H40N2O4S. The van der Waals surface area contributed by atoms with Gasteiger partial charge in [0.2, 0.25) is 10.0 Å². The van der Waals surface area contributed by atoms with Crippen LogP contribution in [0.4, 0.5) is 0 Å². The summed E-state index contributed by atoms with van der Waals surface area (Å²) in [6, 6.07) is -0.960. The first-order valence-corrected chi connectivity index (χ1v) is 12.0. The van der Waals surface area contributed by atoms with Gasteiger partial charge in [-0.05, 0) is 25.2 Å². The molecule has 0 heterocycles. The minimum absolute atomic E-state index is 0.279. The van der Waals surface area contributed by atoms with Gasteiger partial charge in [-0.2, -0.15) is 0 Å². The van der Waals surface area contributed by atoms with Crippen LogP contribution in [0.2, 0.25) is 0 Å². The molecular weight excluding hydrogens is 352 g/mol. The highest BCUT2D eigenvalue weighted by molar-refractivity contribution is 7.89. The fourth-order valence-electron chi connectivity index (χ4n) is 3.87. The molecule has 5 N–H and O–H groups in total. The number of aliphatic hydroxyl groups is 2. The quantitative estimate of drug-likeness (QED) is 0.359. The van der Waals surface area contributed by atoms with E-state index >= 15 is 0 Å². The van der Waals surface area contributed by atoms with Crippen molar-refractivity contribution in [3.05, 3.63) is 0 Å². The molecule has 1 unspecified atom stereocenters.